The predicted octanol–water partition coefficient (Wildman–Crippen LogP) is 4.08. The van der Waals surface area contributed by atoms with Gasteiger partial charge in [0.05, 0.1) is 34.5 Å². The highest BCUT2D eigenvalue weighted by Crippen LogP contribution is 2.49. The van der Waals surface area contributed by atoms with Crippen molar-refractivity contribution in [1.29, 1.82) is 0 Å². The van der Waals surface area contributed by atoms with Gasteiger partial charge >= 0.3 is 0 Å². The van der Waals surface area contributed by atoms with E-state index in [9.17, 15) is 4.79 Å². The molecule has 2 heterocycles. The summed E-state index contributed by atoms with van der Waals surface area (Å²) in [5.41, 5.74) is 3.11. The largest absolute Gasteiger partial charge is 0.497 e. The standard InChI is InChI=1S/C25H26N4O6/c1-31-15-7-5-13(6-8-15)14-11-17-20(18(30)12-14)21(27-25-24(26-17)28-35-29-25)16-9-10-19(32-2)23(34-4)22(16)33-3/h5-10,14,21H,11-12H2,1-4H3,(H,26,28)(H,27,29)/t14-,21+/m1/s1. The fourth-order valence-electron chi connectivity index (χ4n) is 4.80. The van der Waals surface area contributed by atoms with Crippen molar-refractivity contribution in [2.24, 2.45) is 0 Å². The molecule has 0 unspecified atom stereocenters. The van der Waals surface area contributed by atoms with E-state index in [1.807, 2.05) is 30.3 Å². The highest BCUT2D eigenvalue weighted by molar-refractivity contribution is 6.01. The minimum atomic E-state index is -0.579. The molecule has 3 aromatic rings. The van der Waals surface area contributed by atoms with Gasteiger partial charge in [-0.25, -0.2) is 4.63 Å². The first kappa shape index (κ1) is 22.6. The molecular formula is C25H26N4O6. The van der Waals surface area contributed by atoms with Crippen molar-refractivity contribution in [3.63, 3.8) is 0 Å². The molecule has 2 atom stereocenters. The number of methoxy groups -OCH3 is 4. The summed E-state index contributed by atoms with van der Waals surface area (Å²) >= 11 is 0. The molecule has 182 valence electrons. The van der Waals surface area contributed by atoms with E-state index in [1.165, 1.54) is 0 Å². The number of carbonyl (C=O) groups is 1. The smallest absolute Gasteiger partial charge is 0.219 e. The zero-order chi connectivity index (χ0) is 24.5. The Balaban J connectivity index is 1.62. The molecule has 0 saturated carbocycles. The fraction of sp³-hybridized carbons (Fsp3) is 0.320. The number of hydrogen-bond donors (Lipinski definition) is 2. The van der Waals surface area contributed by atoms with Crippen molar-refractivity contribution in [2.45, 2.75) is 24.8 Å². The zero-order valence-corrected chi connectivity index (χ0v) is 19.9. The van der Waals surface area contributed by atoms with Crippen LogP contribution < -0.4 is 29.6 Å². The van der Waals surface area contributed by atoms with Crippen LogP contribution in [0.5, 0.6) is 23.0 Å². The van der Waals surface area contributed by atoms with Gasteiger partial charge in [-0.1, -0.05) is 12.1 Å². The van der Waals surface area contributed by atoms with Crippen molar-refractivity contribution in [3.8, 4) is 23.0 Å². The van der Waals surface area contributed by atoms with Crippen LogP contribution in [0.2, 0.25) is 0 Å². The molecule has 2 N–H and O–H groups in total. The molecule has 2 aliphatic rings. The molecule has 5 rings (SSSR count). The molecule has 0 saturated heterocycles. The molecule has 1 aliphatic heterocycles. The number of fused-ring (bicyclic) bond motifs is 1. The number of allylic oxidation sites excluding steroid dienone is 1. The van der Waals surface area contributed by atoms with Crippen LogP contribution in [0.15, 0.2) is 52.3 Å². The number of benzene rings is 2. The first-order chi connectivity index (χ1) is 17.1. The quantitative estimate of drug-likeness (QED) is 0.537. The number of rotatable bonds is 6. The van der Waals surface area contributed by atoms with E-state index in [0.717, 1.165) is 17.0 Å². The van der Waals surface area contributed by atoms with Crippen LogP contribution in [0.1, 0.15) is 35.9 Å². The minimum absolute atomic E-state index is 0.00554. The van der Waals surface area contributed by atoms with E-state index in [-0.39, 0.29) is 11.7 Å². The van der Waals surface area contributed by atoms with Crippen LogP contribution >= 0.6 is 0 Å². The Morgan fingerprint density at radius 1 is 0.857 bits per heavy atom. The molecule has 0 fully saturated rings. The van der Waals surface area contributed by atoms with Gasteiger partial charge in [-0.3, -0.25) is 4.79 Å². The number of aromatic nitrogens is 2. The van der Waals surface area contributed by atoms with Crippen LogP contribution in [0, 0.1) is 0 Å². The molecule has 1 aromatic heterocycles. The summed E-state index contributed by atoms with van der Waals surface area (Å²) in [7, 11) is 6.28. The van der Waals surface area contributed by atoms with E-state index in [0.29, 0.717) is 52.9 Å². The van der Waals surface area contributed by atoms with E-state index in [2.05, 4.69) is 20.9 Å². The number of ketones is 1. The molecule has 1 aliphatic carbocycles. The van der Waals surface area contributed by atoms with Crippen molar-refractivity contribution < 1.29 is 28.4 Å². The first-order valence-electron chi connectivity index (χ1n) is 11.1. The van der Waals surface area contributed by atoms with E-state index in [1.54, 1.807) is 34.5 Å². The molecule has 10 nitrogen and oxygen atoms in total. The average molecular weight is 479 g/mol. The number of nitrogens with one attached hydrogen (secondary N) is 2. The summed E-state index contributed by atoms with van der Waals surface area (Å²) < 4.78 is 27.0. The Bertz CT molecular complexity index is 1280. The maximum absolute atomic E-state index is 13.7. The summed E-state index contributed by atoms with van der Waals surface area (Å²) in [6, 6.07) is 10.9. The normalized spacial score (nSPS) is 19.0. The number of nitrogens with zero attached hydrogens (tertiary/aromatic N) is 2. The summed E-state index contributed by atoms with van der Waals surface area (Å²) in [6.45, 7) is 0. The van der Waals surface area contributed by atoms with Gasteiger partial charge in [0.25, 0.3) is 0 Å². The van der Waals surface area contributed by atoms with Crippen LogP contribution in [-0.4, -0.2) is 44.5 Å². The molecular weight excluding hydrogens is 452 g/mol. The second kappa shape index (κ2) is 9.21. The highest BCUT2D eigenvalue weighted by atomic mass is 16.6. The van der Waals surface area contributed by atoms with Gasteiger partial charge < -0.3 is 29.6 Å². The van der Waals surface area contributed by atoms with Crippen LogP contribution in [-0.2, 0) is 4.79 Å². The zero-order valence-electron chi connectivity index (χ0n) is 19.9. The van der Waals surface area contributed by atoms with Gasteiger partial charge in [-0.2, -0.15) is 0 Å². The molecule has 0 spiro atoms. The van der Waals surface area contributed by atoms with Crippen molar-refractivity contribution >= 4 is 17.4 Å². The summed E-state index contributed by atoms with van der Waals surface area (Å²) in [5.74, 6) is 3.01. The average Bonchev–Trinajstić information content (AvgIpc) is 3.26. The van der Waals surface area contributed by atoms with E-state index >= 15 is 0 Å². The van der Waals surface area contributed by atoms with E-state index < -0.39 is 6.04 Å². The number of ether oxygens (including phenoxy) is 4. The lowest BCUT2D eigenvalue weighted by Gasteiger charge is -2.30. The predicted molar refractivity (Wildman–Crippen MR) is 127 cm³/mol. The summed E-state index contributed by atoms with van der Waals surface area (Å²) in [5, 5.41) is 14.6. The number of hydrogen-bond acceptors (Lipinski definition) is 10. The van der Waals surface area contributed by atoms with Crippen molar-refractivity contribution in [2.75, 3.05) is 39.1 Å². The second-order valence-corrected chi connectivity index (χ2v) is 8.28. The topological polar surface area (TPSA) is 117 Å². The maximum atomic E-state index is 13.7. The molecule has 0 bridgehead atoms. The highest BCUT2D eigenvalue weighted by Gasteiger charge is 2.39. The third-order valence-electron chi connectivity index (χ3n) is 6.47. The van der Waals surface area contributed by atoms with Crippen LogP contribution in [0.3, 0.4) is 0 Å². The summed E-state index contributed by atoms with van der Waals surface area (Å²) in [4.78, 5) is 13.7. The van der Waals surface area contributed by atoms with Gasteiger partial charge in [0, 0.05) is 23.3 Å². The lowest BCUT2D eigenvalue weighted by molar-refractivity contribution is -0.116. The van der Waals surface area contributed by atoms with Gasteiger partial charge in [0.15, 0.2) is 17.3 Å². The number of Topliss-reactive ketones (excluding diaryl/α,β-unsaturated/α-hetero) is 1. The molecule has 0 radical (unpaired) electrons. The monoisotopic (exact) mass is 478 g/mol. The van der Waals surface area contributed by atoms with Gasteiger partial charge in [-0.15, -0.1) is 0 Å². The van der Waals surface area contributed by atoms with E-state index in [4.69, 9.17) is 23.6 Å². The van der Waals surface area contributed by atoms with Crippen LogP contribution in [0.25, 0.3) is 0 Å². The Morgan fingerprint density at radius 3 is 2.29 bits per heavy atom. The Labute approximate surface area is 202 Å². The van der Waals surface area contributed by atoms with Gasteiger partial charge in [0.1, 0.15) is 5.75 Å². The van der Waals surface area contributed by atoms with Crippen molar-refractivity contribution in [1.82, 2.24) is 10.3 Å². The molecule has 35 heavy (non-hydrogen) atoms. The van der Waals surface area contributed by atoms with Crippen molar-refractivity contribution in [3.05, 3.63) is 58.8 Å². The Morgan fingerprint density at radius 2 is 1.60 bits per heavy atom. The van der Waals surface area contributed by atoms with Gasteiger partial charge in [0.2, 0.25) is 17.4 Å². The summed E-state index contributed by atoms with van der Waals surface area (Å²) in [6.07, 6.45) is 0.962. The third-order valence-corrected chi connectivity index (χ3v) is 6.47. The number of anilines is 2. The first-order valence-corrected chi connectivity index (χ1v) is 11.1. The van der Waals surface area contributed by atoms with Gasteiger partial charge in [-0.05, 0) is 52.5 Å². The Hall–Kier alpha value is -4.21. The molecule has 0 amide bonds. The third kappa shape index (κ3) is 3.90. The van der Waals surface area contributed by atoms with Crippen LogP contribution in [0.4, 0.5) is 11.6 Å². The maximum Gasteiger partial charge on any atom is 0.219 e. The minimum Gasteiger partial charge on any atom is -0.497 e. The fourth-order valence-corrected chi connectivity index (χ4v) is 4.80. The lowest BCUT2D eigenvalue weighted by atomic mass is 9.78. The lowest BCUT2D eigenvalue weighted by Crippen LogP contribution is -2.27. The molecule has 10 heteroatoms. The Kier molecular flexibility index (Phi) is 5.94. The SMILES string of the molecule is COc1ccc([C@H]2CC(=O)C3=C(C2)Nc2nonc2N[C@H]3c2ccc(OC)c(OC)c2OC)cc1. The second-order valence-electron chi connectivity index (χ2n) is 8.28. The molecule has 2 aromatic carbocycles. The number of carbonyl (C=O) groups excluding carboxylic acids is 1.